The summed E-state index contributed by atoms with van der Waals surface area (Å²) in [6.07, 6.45) is 1.78. The van der Waals surface area contributed by atoms with Crippen LogP contribution in [0.25, 0.3) is 0 Å². The number of rotatable bonds is 8. The van der Waals surface area contributed by atoms with E-state index in [9.17, 15) is 4.79 Å². The molecule has 1 N–H and O–H groups in total. The quantitative estimate of drug-likeness (QED) is 0.191. The molecule has 4 aromatic carbocycles. The molecule has 37 heavy (non-hydrogen) atoms. The molecule has 0 spiro atoms. The molecule has 5 aromatic rings. The highest BCUT2D eigenvalue weighted by molar-refractivity contribution is 8.04. The lowest BCUT2D eigenvalue weighted by Gasteiger charge is -2.29. The van der Waals surface area contributed by atoms with Gasteiger partial charge in [-0.1, -0.05) is 90.6 Å². The molecule has 0 aliphatic carbocycles. The Morgan fingerprint density at radius 3 is 1.54 bits per heavy atom. The lowest BCUT2D eigenvalue weighted by Crippen LogP contribution is -2.38. The number of hydrogen-bond acceptors (Lipinski definition) is 3. The third-order valence-electron chi connectivity index (χ3n) is 6.00. The Morgan fingerprint density at radius 2 is 1.08 bits per heavy atom. The van der Waals surface area contributed by atoms with Crippen molar-refractivity contribution in [2.45, 2.75) is 5.03 Å². The molecule has 3 nitrogen and oxygen atoms in total. The lowest BCUT2D eigenvalue weighted by molar-refractivity contribution is 0.0968. The van der Waals surface area contributed by atoms with Gasteiger partial charge in [-0.25, -0.2) is 4.98 Å². The molecular weight excluding hydrogens is 491 g/mol. The molecule has 0 atom stereocenters. The first-order valence-electron chi connectivity index (χ1n) is 12.0. The van der Waals surface area contributed by atoms with Gasteiger partial charge in [0, 0.05) is 17.2 Å². The van der Waals surface area contributed by atoms with Crippen LogP contribution in [0.4, 0.5) is 0 Å². The van der Waals surface area contributed by atoms with E-state index in [-0.39, 0.29) is 5.91 Å². The number of carbonyl (C=O) groups is 1. The Morgan fingerprint density at radius 1 is 0.622 bits per heavy atom. The number of hydrogen-bond donors (Lipinski definition) is 1. The van der Waals surface area contributed by atoms with Gasteiger partial charge in [0.2, 0.25) is 0 Å². The van der Waals surface area contributed by atoms with Crippen LogP contribution in [-0.4, -0.2) is 10.9 Å². The van der Waals surface area contributed by atoms with E-state index in [1.54, 1.807) is 6.20 Å². The highest BCUT2D eigenvalue weighted by atomic mass is 32.2. The largest absolute Gasteiger partial charge is 0.291 e. The van der Waals surface area contributed by atoms with E-state index in [0.717, 1.165) is 26.4 Å². The topological polar surface area (TPSA) is 42.0 Å². The normalized spacial score (nSPS) is 11.6. The number of carbonyl (C=O) groups excluding carboxylic acids is 1. The Kier molecular flexibility index (Phi) is 7.90. The summed E-state index contributed by atoms with van der Waals surface area (Å²) in [7, 11) is -2.49. The minimum atomic E-state index is -2.49. The fourth-order valence-corrected chi connectivity index (χ4v) is 9.54. The van der Waals surface area contributed by atoms with E-state index in [4.69, 9.17) is 0 Å². The summed E-state index contributed by atoms with van der Waals surface area (Å²) in [6, 6.07) is 46.7. The van der Waals surface area contributed by atoms with Crippen molar-refractivity contribution in [1.82, 2.24) is 10.3 Å². The predicted molar refractivity (Wildman–Crippen MR) is 157 cm³/mol. The molecule has 0 radical (unpaired) electrons. The number of amides is 1. The van der Waals surface area contributed by atoms with E-state index in [2.05, 4.69) is 88.5 Å². The average Bonchev–Trinajstić information content (AvgIpc) is 2.99. The van der Waals surface area contributed by atoms with Crippen LogP contribution in [-0.2, 0) is 0 Å². The molecule has 1 amide bonds. The zero-order valence-corrected chi connectivity index (χ0v) is 21.9. The minimum absolute atomic E-state index is 0.138. The highest BCUT2D eigenvalue weighted by Crippen LogP contribution is 2.62. The molecule has 0 aliphatic rings. The van der Waals surface area contributed by atoms with Gasteiger partial charge in [-0.15, -0.1) is 0 Å². The number of aromatic nitrogens is 1. The monoisotopic (exact) mass is 517 g/mol. The summed E-state index contributed by atoms with van der Waals surface area (Å²) in [4.78, 5) is 18.2. The van der Waals surface area contributed by atoms with Crippen LogP contribution in [0.3, 0.4) is 0 Å². The Hall–Kier alpha value is -3.98. The summed E-state index contributed by atoms with van der Waals surface area (Å²) in [5, 5.41) is 9.78. The van der Waals surface area contributed by atoms with Crippen LogP contribution in [0.15, 0.2) is 162 Å². The minimum Gasteiger partial charge on any atom is -0.291 e. The first-order chi connectivity index (χ1) is 18.3. The smallest absolute Gasteiger partial charge is 0.258 e. The molecule has 5 heteroatoms. The van der Waals surface area contributed by atoms with Gasteiger partial charge >= 0.3 is 0 Å². The van der Waals surface area contributed by atoms with Crippen LogP contribution in [0.5, 0.6) is 0 Å². The predicted octanol–water partition coefficient (Wildman–Crippen LogP) is 6.40. The summed E-state index contributed by atoms with van der Waals surface area (Å²) in [5.74, 6) is -0.138. The van der Waals surface area contributed by atoms with Crippen molar-refractivity contribution in [1.29, 1.82) is 0 Å². The van der Waals surface area contributed by atoms with Gasteiger partial charge in [0.05, 0.1) is 0 Å². The summed E-state index contributed by atoms with van der Waals surface area (Å²) < 4.78 is 0. The highest BCUT2D eigenvalue weighted by Gasteiger charge is 2.50. The van der Waals surface area contributed by atoms with Gasteiger partial charge in [0.15, 0.2) is 12.7 Å². The summed E-state index contributed by atoms with van der Waals surface area (Å²) in [5.41, 5.74) is 1.48. The molecule has 0 bridgehead atoms. The van der Waals surface area contributed by atoms with Gasteiger partial charge in [-0.05, 0) is 60.7 Å². The second kappa shape index (κ2) is 11.8. The second-order valence-electron chi connectivity index (χ2n) is 8.29. The molecule has 180 valence electrons. The van der Waals surface area contributed by atoms with Crippen LogP contribution in [0.1, 0.15) is 10.4 Å². The van der Waals surface area contributed by atoms with Gasteiger partial charge in [0.1, 0.15) is 20.9 Å². The number of nitrogens with zero attached hydrogens (tertiary/aromatic N) is 1. The number of pyridine rings is 1. The maximum atomic E-state index is 13.6. The molecule has 0 saturated carbocycles. The van der Waals surface area contributed by atoms with Crippen molar-refractivity contribution >= 4 is 40.8 Å². The number of nitrogens with one attached hydrogen (secondary N) is 1. The van der Waals surface area contributed by atoms with Crippen molar-refractivity contribution < 1.29 is 4.79 Å². The van der Waals surface area contributed by atoms with Crippen molar-refractivity contribution in [2.75, 3.05) is 0 Å². The maximum Gasteiger partial charge on any atom is 0.258 e. The van der Waals surface area contributed by atoms with Gasteiger partial charge in [-0.3, -0.25) is 10.1 Å². The van der Waals surface area contributed by atoms with Gasteiger partial charge in [0.25, 0.3) is 5.91 Å². The molecule has 0 unspecified atom stereocenters. The van der Waals surface area contributed by atoms with Crippen molar-refractivity contribution in [2.24, 2.45) is 0 Å². The van der Waals surface area contributed by atoms with Gasteiger partial charge in [-0.2, -0.15) is 0 Å². The first kappa shape index (κ1) is 24.7. The van der Waals surface area contributed by atoms with Crippen LogP contribution < -0.4 is 21.2 Å². The van der Waals surface area contributed by atoms with Crippen LogP contribution >= 0.6 is 19.0 Å². The summed E-state index contributed by atoms with van der Waals surface area (Å²) in [6.45, 7) is 0. The molecular formula is C32H26N2OPS+. The fourth-order valence-electron chi connectivity index (χ4n) is 4.32. The molecule has 1 heterocycles. The third-order valence-corrected chi connectivity index (χ3v) is 11.2. The van der Waals surface area contributed by atoms with Gasteiger partial charge < -0.3 is 0 Å². The average molecular weight is 518 g/mol. The molecule has 0 fully saturated rings. The Bertz CT molecular complexity index is 1370. The fraction of sp³-hybridized carbons (Fsp3) is 0. The van der Waals surface area contributed by atoms with Crippen LogP contribution in [0, 0.1) is 0 Å². The van der Waals surface area contributed by atoms with Crippen molar-refractivity contribution in [3.8, 4) is 0 Å². The van der Waals surface area contributed by atoms with Crippen molar-refractivity contribution in [3.05, 3.63) is 162 Å². The SMILES string of the molecule is O=C(NC(=CSc1ccccn1)[P+](c1ccccc1)(c1ccccc1)c1ccccc1)c1ccccc1. The van der Waals surface area contributed by atoms with E-state index in [1.807, 2.05) is 66.7 Å². The first-order valence-corrected chi connectivity index (χ1v) is 14.7. The molecule has 0 aliphatic heterocycles. The van der Waals surface area contributed by atoms with E-state index in [1.165, 1.54) is 11.8 Å². The van der Waals surface area contributed by atoms with E-state index in [0.29, 0.717) is 5.56 Å². The van der Waals surface area contributed by atoms with Crippen molar-refractivity contribution in [3.63, 3.8) is 0 Å². The zero-order valence-electron chi connectivity index (χ0n) is 20.1. The van der Waals surface area contributed by atoms with E-state index >= 15 is 0 Å². The maximum absolute atomic E-state index is 13.6. The Labute approximate surface area is 222 Å². The molecule has 5 rings (SSSR count). The second-order valence-corrected chi connectivity index (χ2v) is 12.5. The molecule has 0 saturated heterocycles. The zero-order chi connectivity index (χ0) is 25.3. The van der Waals surface area contributed by atoms with E-state index < -0.39 is 7.26 Å². The number of thioether (sulfide) groups is 1. The molecule has 1 aromatic heterocycles. The number of benzene rings is 4. The lowest BCUT2D eigenvalue weighted by atomic mass is 10.2. The standard InChI is InChI=1S/C32H25N2OPS/c35-32(26-15-5-1-6-16-26)34-30(25-37-31-23-13-14-24-33-31)36(27-17-7-2-8-18-27,28-19-9-3-10-20-28)29-21-11-4-12-22-29/h1-25H/p+1. The van der Waals surface area contributed by atoms with Crippen LogP contribution in [0.2, 0.25) is 0 Å². The third kappa shape index (κ3) is 5.41. The Balaban J connectivity index is 1.77. The summed E-state index contributed by atoms with van der Waals surface area (Å²) >= 11 is 1.52.